The van der Waals surface area contributed by atoms with E-state index in [1.54, 1.807) is 13.8 Å². The van der Waals surface area contributed by atoms with Crippen molar-refractivity contribution < 1.29 is 24.6 Å². The van der Waals surface area contributed by atoms with Crippen molar-refractivity contribution in [1.29, 1.82) is 0 Å². The Bertz CT molecular complexity index is 650. The number of allylic oxidation sites excluding steroid dienone is 2. The van der Waals surface area contributed by atoms with Gasteiger partial charge in [-0.15, -0.1) is 6.54 Å². The number of hydrogen-bond acceptors (Lipinski definition) is 2. The predicted molar refractivity (Wildman–Crippen MR) is 108 cm³/mol. The summed E-state index contributed by atoms with van der Waals surface area (Å²) in [6.07, 6.45) is 1.87. The van der Waals surface area contributed by atoms with Crippen LogP contribution in [-0.2, 0) is 32.6 Å². The van der Waals surface area contributed by atoms with Crippen molar-refractivity contribution in [3.63, 3.8) is 0 Å². The van der Waals surface area contributed by atoms with Gasteiger partial charge in [-0.1, -0.05) is 79.2 Å². The summed E-state index contributed by atoms with van der Waals surface area (Å²) in [6.45, 7) is 8.92. The molecule has 0 aliphatic heterocycles. The zero-order valence-corrected chi connectivity index (χ0v) is 19.4. The van der Waals surface area contributed by atoms with E-state index in [0.29, 0.717) is 0 Å². The average molecular weight is 403 g/mol. The molecule has 0 heterocycles. The Hall–Kier alpha value is -1.77. The third-order valence-corrected chi connectivity index (χ3v) is 3.13. The van der Waals surface area contributed by atoms with Gasteiger partial charge in [0.25, 0.3) is 0 Å². The van der Waals surface area contributed by atoms with E-state index in [0.717, 1.165) is 24.5 Å². The van der Waals surface area contributed by atoms with Gasteiger partial charge in [-0.2, -0.15) is 5.70 Å². The fourth-order valence-corrected chi connectivity index (χ4v) is 1.99. The molecule has 2 aromatic rings. The molecule has 0 spiro atoms. The van der Waals surface area contributed by atoms with Crippen molar-refractivity contribution in [3.05, 3.63) is 88.9 Å². The monoisotopic (exact) mass is 401 g/mol. The van der Waals surface area contributed by atoms with E-state index in [9.17, 15) is 0 Å². The van der Waals surface area contributed by atoms with Gasteiger partial charge in [-0.25, -0.2) is 0 Å². The average Bonchev–Trinajstić information content (AvgIpc) is 2.59. The van der Waals surface area contributed by atoms with Gasteiger partial charge in [0, 0.05) is 31.3 Å². The normalized spacial score (nSPS) is 11.3. The van der Waals surface area contributed by atoms with E-state index in [2.05, 4.69) is 34.6 Å². The minimum Gasteiger partial charge on any atom is -0.684 e. The molecule has 0 unspecified atom stereocenters. The molecule has 26 heavy (non-hydrogen) atoms. The van der Waals surface area contributed by atoms with Crippen LogP contribution in [0.25, 0.3) is 5.32 Å². The number of hydrogen-bond donors (Lipinski definition) is 1. The van der Waals surface area contributed by atoms with Crippen LogP contribution >= 0.6 is 0 Å². The molecule has 0 saturated carbocycles. The molecule has 1 N–H and O–H groups in total. The minimum atomic E-state index is -0.167. The fraction of sp³-hybridized carbons (Fsp3) is 0.318. The van der Waals surface area contributed by atoms with Crippen LogP contribution in [0.4, 0.5) is 0 Å². The molecule has 0 aliphatic carbocycles. The molecule has 2 aromatic carbocycles. The van der Waals surface area contributed by atoms with E-state index >= 15 is 0 Å². The van der Waals surface area contributed by atoms with Crippen LogP contribution in [0.3, 0.4) is 0 Å². The molecule has 0 aliphatic rings. The number of benzene rings is 2. The SMILES string of the molecule is CC(/C=C(/C)[N-]Cc1ccccc1)=NCc1ccccc1.CC(C)O.[Zn]. The van der Waals surface area contributed by atoms with E-state index in [1.165, 1.54) is 11.1 Å². The molecule has 0 radical (unpaired) electrons. The Morgan fingerprint density at radius 1 is 0.962 bits per heavy atom. The topological polar surface area (TPSA) is 46.7 Å². The summed E-state index contributed by atoms with van der Waals surface area (Å²) in [7, 11) is 0. The molecular formula is C22H29N2OZn-. The molecule has 2 rings (SSSR count). The number of aliphatic hydroxyl groups excluding tert-OH is 1. The molecule has 0 fully saturated rings. The molecule has 0 bridgehead atoms. The molecule has 0 aromatic heterocycles. The first-order valence-electron chi connectivity index (χ1n) is 8.60. The standard InChI is InChI=1S/C19H21N2.C3H8O.Zn/c1-16(20-14-18-9-5-3-6-10-18)13-17(2)21-15-19-11-7-4-8-12-19;1-3(2)4;/h3-13H,14-15H2,1-2H3;3-4H,1-2H3;/q-1;;/b16-13-,21-17?;;. The van der Waals surface area contributed by atoms with Crippen molar-refractivity contribution in [2.24, 2.45) is 4.99 Å². The van der Waals surface area contributed by atoms with Crippen molar-refractivity contribution >= 4 is 5.71 Å². The first-order chi connectivity index (χ1) is 12.0. The van der Waals surface area contributed by atoms with Crippen LogP contribution in [0.1, 0.15) is 38.8 Å². The summed E-state index contributed by atoms with van der Waals surface area (Å²) >= 11 is 0. The zero-order chi connectivity index (χ0) is 18.5. The summed E-state index contributed by atoms with van der Waals surface area (Å²) in [5, 5.41) is 12.6. The van der Waals surface area contributed by atoms with Crippen LogP contribution < -0.4 is 0 Å². The zero-order valence-electron chi connectivity index (χ0n) is 16.4. The number of nitrogens with zero attached hydrogens (tertiary/aromatic N) is 2. The first kappa shape index (κ1) is 24.2. The summed E-state index contributed by atoms with van der Waals surface area (Å²) in [5.74, 6) is 0. The van der Waals surface area contributed by atoms with Crippen molar-refractivity contribution in [2.75, 3.05) is 0 Å². The van der Waals surface area contributed by atoms with E-state index in [4.69, 9.17) is 5.11 Å². The van der Waals surface area contributed by atoms with Gasteiger partial charge >= 0.3 is 0 Å². The molecule has 4 heteroatoms. The van der Waals surface area contributed by atoms with Gasteiger partial charge in [0.15, 0.2) is 0 Å². The molecule has 0 saturated heterocycles. The molecule has 136 valence electrons. The minimum absolute atomic E-state index is 0. The second-order valence-electron chi connectivity index (χ2n) is 6.12. The summed E-state index contributed by atoms with van der Waals surface area (Å²) in [5.41, 5.74) is 4.47. The summed E-state index contributed by atoms with van der Waals surface area (Å²) in [4.78, 5) is 4.57. The van der Waals surface area contributed by atoms with Crippen LogP contribution in [0, 0.1) is 0 Å². The van der Waals surface area contributed by atoms with Gasteiger partial charge in [0.2, 0.25) is 0 Å². The maximum absolute atomic E-state index is 8.06. The smallest absolute Gasteiger partial charge is 0.0642 e. The van der Waals surface area contributed by atoms with Crippen molar-refractivity contribution in [3.8, 4) is 0 Å². The maximum Gasteiger partial charge on any atom is 0.0642 e. The van der Waals surface area contributed by atoms with Gasteiger partial charge in [-0.3, -0.25) is 4.99 Å². The third-order valence-electron chi connectivity index (χ3n) is 3.13. The van der Waals surface area contributed by atoms with Crippen LogP contribution in [-0.4, -0.2) is 16.9 Å². The first-order valence-corrected chi connectivity index (χ1v) is 8.60. The van der Waals surface area contributed by atoms with Crippen molar-refractivity contribution in [2.45, 2.75) is 46.9 Å². The Kier molecular flexibility index (Phi) is 13.4. The van der Waals surface area contributed by atoms with Gasteiger partial charge in [-0.05, 0) is 26.3 Å². The third kappa shape index (κ3) is 12.6. The fourth-order valence-electron chi connectivity index (χ4n) is 1.99. The van der Waals surface area contributed by atoms with Gasteiger partial charge in [0.05, 0.1) is 6.54 Å². The van der Waals surface area contributed by atoms with Gasteiger partial charge in [0.1, 0.15) is 0 Å². The molecule has 0 amide bonds. The molecule has 3 nitrogen and oxygen atoms in total. The number of aliphatic imine (C=N–C) groups is 1. The van der Waals surface area contributed by atoms with Crippen LogP contribution in [0.2, 0.25) is 0 Å². The maximum atomic E-state index is 8.06. The second kappa shape index (κ2) is 14.4. The Balaban J connectivity index is 0.00000113. The Labute approximate surface area is 171 Å². The van der Waals surface area contributed by atoms with Crippen LogP contribution in [0.15, 0.2) is 77.4 Å². The molecule has 0 atom stereocenters. The summed E-state index contributed by atoms with van der Waals surface area (Å²) < 4.78 is 0. The van der Waals surface area contributed by atoms with Crippen molar-refractivity contribution in [1.82, 2.24) is 0 Å². The largest absolute Gasteiger partial charge is 0.684 e. The second-order valence-corrected chi connectivity index (χ2v) is 6.12. The van der Waals surface area contributed by atoms with Crippen LogP contribution in [0.5, 0.6) is 0 Å². The molecular weight excluding hydrogens is 374 g/mol. The van der Waals surface area contributed by atoms with E-state index < -0.39 is 0 Å². The number of aliphatic hydroxyl groups is 1. The van der Waals surface area contributed by atoms with E-state index in [-0.39, 0.29) is 25.6 Å². The summed E-state index contributed by atoms with van der Waals surface area (Å²) in [6, 6.07) is 20.6. The Morgan fingerprint density at radius 2 is 1.42 bits per heavy atom. The predicted octanol–water partition coefficient (Wildman–Crippen LogP) is 5.51. The Morgan fingerprint density at radius 3 is 1.92 bits per heavy atom. The number of rotatable bonds is 6. The van der Waals surface area contributed by atoms with E-state index in [1.807, 2.05) is 56.3 Å². The quantitative estimate of drug-likeness (QED) is 0.502. The van der Waals surface area contributed by atoms with Gasteiger partial charge < -0.3 is 10.4 Å².